The van der Waals surface area contributed by atoms with Gasteiger partial charge in [0.1, 0.15) is 23.9 Å². The maximum Gasteiger partial charge on any atom is 0.145 e. The Kier molecular flexibility index (Phi) is 3.01. The third-order valence-corrected chi connectivity index (χ3v) is 3.06. The van der Waals surface area contributed by atoms with Gasteiger partial charge < -0.3 is 9.88 Å². The van der Waals surface area contributed by atoms with Gasteiger partial charge >= 0.3 is 0 Å². The quantitative estimate of drug-likeness (QED) is 0.780. The van der Waals surface area contributed by atoms with E-state index < -0.39 is 0 Å². The van der Waals surface area contributed by atoms with Crippen LogP contribution in [0, 0.1) is 11.3 Å². The predicted octanol–water partition coefficient (Wildman–Crippen LogP) is 1.86. The Labute approximate surface area is 115 Å². The van der Waals surface area contributed by atoms with E-state index in [2.05, 4.69) is 26.0 Å². The van der Waals surface area contributed by atoms with Crippen LogP contribution in [-0.2, 0) is 6.54 Å². The normalized spacial score (nSPS) is 10.4. The van der Waals surface area contributed by atoms with Crippen molar-refractivity contribution >= 4 is 16.9 Å². The Morgan fingerprint density at radius 1 is 1.25 bits per heavy atom. The highest BCUT2D eigenvalue weighted by Gasteiger charge is 2.06. The molecule has 3 rings (SSSR count). The van der Waals surface area contributed by atoms with Crippen LogP contribution in [0.5, 0.6) is 0 Å². The Morgan fingerprint density at radius 2 is 2.15 bits per heavy atom. The molecule has 6 heteroatoms. The maximum absolute atomic E-state index is 8.86. The lowest BCUT2D eigenvalue weighted by molar-refractivity contribution is 0.890. The summed E-state index contributed by atoms with van der Waals surface area (Å²) in [5, 5.41) is 8.86. The van der Waals surface area contributed by atoms with Crippen molar-refractivity contribution < 1.29 is 0 Å². The molecule has 0 fully saturated rings. The Bertz CT molecular complexity index is 785. The highest BCUT2D eigenvalue weighted by atomic mass is 15.2. The molecule has 20 heavy (non-hydrogen) atoms. The van der Waals surface area contributed by atoms with E-state index in [4.69, 9.17) is 5.26 Å². The first-order valence-electron chi connectivity index (χ1n) is 6.11. The largest absolute Gasteiger partial charge is 0.355 e. The molecule has 0 aliphatic carbocycles. The Hall–Kier alpha value is -2.94. The first-order chi connectivity index (χ1) is 9.76. The first kappa shape index (κ1) is 12.1. The number of aromatic nitrogens is 4. The number of hydrogen-bond donors (Lipinski definition) is 1. The summed E-state index contributed by atoms with van der Waals surface area (Å²) in [6.07, 6.45) is 3.09. The number of nitrogens with zero attached hydrogens (tertiary/aromatic N) is 5. The lowest BCUT2D eigenvalue weighted by atomic mass is 10.2. The van der Waals surface area contributed by atoms with Gasteiger partial charge in [-0.15, -0.1) is 0 Å². The van der Waals surface area contributed by atoms with Gasteiger partial charge in [-0.05, 0) is 17.7 Å². The van der Waals surface area contributed by atoms with Crippen LogP contribution < -0.4 is 4.90 Å². The third-order valence-electron chi connectivity index (χ3n) is 3.06. The van der Waals surface area contributed by atoms with Crippen molar-refractivity contribution in [1.29, 1.82) is 5.26 Å². The minimum Gasteiger partial charge on any atom is -0.355 e. The van der Waals surface area contributed by atoms with Crippen LogP contribution >= 0.6 is 0 Å². The number of H-pyrrole nitrogens is 1. The number of hydrogen-bond acceptors (Lipinski definition) is 5. The van der Waals surface area contributed by atoms with Crippen LogP contribution in [0.15, 0.2) is 36.9 Å². The molecule has 1 N–H and O–H groups in total. The lowest BCUT2D eigenvalue weighted by Crippen LogP contribution is -2.17. The van der Waals surface area contributed by atoms with E-state index in [0.717, 1.165) is 22.4 Å². The molecule has 0 aliphatic rings. The van der Waals surface area contributed by atoms with Gasteiger partial charge in [-0.2, -0.15) is 5.26 Å². The fourth-order valence-electron chi connectivity index (χ4n) is 2.05. The van der Waals surface area contributed by atoms with Gasteiger partial charge in [0.05, 0.1) is 17.4 Å². The number of imidazole rings is 1. The van der Waals surface area contributed by atoms with Crippen molar-refractivity contribution in [1.82, 2.24) is 19.9 Å². The maximum atomic E-state index is 8.86. The average molecular weight is 264 g/mol. The minimum absolute atomic E-state index is 0.367. The van der Waals surface area contributed by atoms with Gasteiger partial charge in [0.15, 0.2) is 0 Å². The van der Waals surface area contributed by atoms with Crippen molar-refractivity contribution in [3.05, 3.63) is 48.2 Å². The molecule has 0 saturated heterocycles. The summed E-state index contributed by atoms with van der Waals surface area (Å²) < 4.78 is 0. The monoisotopic (exact) mass is 264 g/mol. The Balaban J connectivity index is 1.84. The molecule has 0 bridgehead atoms. The third kappa shape index (κ3) is 2.29. The molecule has 6 nitrogen and oxygen atoms in total. The molecule has 2 heterocycles. The zero-order chi connectivity index (χ0) is 13.9. The van der Waals surface area contributed by atoms with E-state index in [0.29, 0.717) is 12.2 Å². The van der Waals surface area contributed by atoms with Crippen LogP contribution in [-0.4, -0.2) is 27.0 Å². The number of aromatic amines is 1. The van der Waals surface area contributed by atoms with E-state index in [1.54, 1.807) is 12.4 Å². The number of nitrogens with one attached hydrogen (secondary N) is 1. The van der Waals surface area contributed by atoms with Gasteiger partial charge in [-0.25, -0.2) is 15.0 Å². The summed E-state index contributed by atoms with van der Waals surface area (Å²) in [5.41, 5.74) is 3.47. The summed E-state index contributed by atoms with van der Waals surface area (Å²) in [6.45, 7) is 0.691. The summed E-state index contributed by atoms with van der Waals surface area (Å²) in [7, 11) is 1.93. The fourth-order valence-corrected chi connectivity index (χ4v) is 2.05. The fraction of sp³-hybridized carbons (Fsp3) is 0.143. The predicted molar refractivity (Wildman–Crippen MR) is 74.9 cm³/mol. The van der Waals surface area contributed by atoms with Crippen LogP contribution in [0.2, 0.25) is 0 Å². The second-order valence-corrected chi connectivity index (χ2v) is 4.48. The second kappa shape index (κ2) is 4.97. The summed E-state index contributed by atoms with van der Waals surface area (Å²) in [6, 6.07) is 9.77. The highest BCUT2D eigenvalue weighted by Crippen LogP contribution is 2.16. The number of fused-ring (bicyclic) bond motifs is 1. The zero-order valence-corrected chi connectivity index (χ0v) is 10.9. The molecule has 0 aliphatic heterocycles. The molecule has 0 spiro atoms. The molecule has 0 atom stereocenters. The van der Waals surface area contributed by atoms with Gasteiger partial charge in [0.25, 0.3) is 0 Å². The van der Waals surface area contributed by atoms with Gasteiger partial charge in [-0.3, -0.25) is 0 Å². The standard InChI is InChI=1S/C14H12N6/c1-20(14-5-11(6-15)16-8-19-14)7-10-2-3-12-13(4-10)18-9-17-12/h2-5,8-9H,7H2,1H3,(H,17,18). The second-order valence-electron chi connectivity index (χ2n) is 4.48. The summed E-state index contributed by atoms with van der Waals surface area (Å²) in [5.74, 6) is 0.723. The van der Waals surface area contributed by atoms with E-state index >= 15 is 0 Å². The van der Waals surface area contributed by atoms with Gasteiger partial charge in [0.2, 0.25) is 0 Å². The highest BCUT2D eigenvalue weighted by molar-refractivity contribution is 5.75. The van der Waals surface area contributed by atoms with Crippen molar-refractivity contribution in [2.75, 3.05) is 11.9 Å². The van der Waals surface area contributed by atoms with Crippen LogP contribution in [0.3, 0.4) is 0 Å². The first-order valence-corrected chi connectivity index (χ1v) is 6.11. The smallest absolute Gasteiger partial charge is 0.145 e. The Morgan fingerprint density at radius 3 is 3.00 bits per heavy atom. The topological polar surface area (TPSA) is 81.5 Å². The number of benzene rings is 1. The van der Waals surface area contributed by atoms with E-state index in [-0.39, 0.29) is 0 Å². The van der Waals surface area contributed by atoms with E-state index in [9.17, 15) is 0 Å². The SMILES string of the molecule is CN(Cc1ccc2nc[nH]c2c1)c1cc(C#N)ncn1. The van der Waals surface area contributed by atoms with Crippen molar-refractivity contribution in [2.24, 2.45) is 0 Å². The molecule has 2 aromatic heterocycles. The number of nitriles is 1. The molecule has 1 aromatic carbocycles. The van der Waals surface area contributed by atoms with E-state index in [1.165, 1.54) is 6.33 Å². The van der Waals surface area contributed by atoms with Crippen LogP contribution in [0.1, 0.15) is 11.3 Å². The van der Waals surface area contributed by atoms with Crippen LogP contribution in [0.4, 0.5) is 5.82 Å². The van der Waals surface area contributed by atoms with Crippen molar-refractivity contribution in [2.45, 2.75) is 6.54 Å². The van der Waals surface area contributed by atoms with E-state index in [1.807, 2.05) is 30.1 Å². The van der Waals surface area contributed by atoms with Crippen molar-refractivity contribution in [3.8, 4) is 6.07 Å². The molecule has 0 radical (unpaired) electrons. The average Bonchev–Trinajstić information content (AvgIpc) is 2.95. The zero-order valence-electron chi connectivity index (χ0n) is 10.9. The van der Waals surface area contributed by atoms with Gasteiger partial charge in [0, 0.05) is 19.7 Å². The molecule has 0 unspecified atom stereocenters. The number of anilines is 1. The van der Waals surface area contributed by atoms with Crippen molar-refractivity contribution in [3.63, 3.8) is 0 Å². The summed E-state index contributed by atoms with van der Waals surface area (Å²) >= 11 is 0. The molecule has 0 saturated carbocycles. The number of rotatable bonds is 3. The molecule has 0 amide bonds. The van der Waals surface area contributed by atoms with Gasteiger partial charge in [-0.1, -0.05) is 6.07 Å². The molecular weight excluding hydrogens is 252 g/mol. The molecular formula is C14H12N6. The lowest BCUT2D eigenvalue weighted by Gasteiger charge is -2.17. The molecule has 3 aromatic rings. The summed E-state index contributed by atoms with van der Waals surface area (Å²) in [4.78, 5) is 17.3. The van der Waals surface area contributed by atoms with Crippen LogP contribution in [0.25, 0.3) is 11.0 Å². The molecule has 98 valence electrons. The minimum atomic E-state index is 0.367.